The van der Waals surface area contributed by atoms with Crippen LogP contribution in [0.4, 0.5) is 0 Å². The van der Waals surface area contributed by atoms with E-state index in [9.17, 15) is 0 Å². The minimum absolute atomic E-state index is 0.0654. The maximum atomic E-state index is 5.82. The fourth-order valence-corrected chi connectivity index (χ4v) is 2.91. The van der Waals surface area contributed by atoms with Gasteiger partial charge in [0.25, 0.3) is 0 Å². The molecule has 78 valence electrons. The molecule has 1 unspecified atom stereocenters. The first-order valence-corrected chi connectivity index (χ1v) is 6.38. The molecule has 1 atom stereocenters. The summed E-state index contributed by atoms with van der Waals surface area (Å²) in [5.41, 5.74) is 6.95. The molecule has 2 rings (SSSR count). The number of thiophene rings is 1. The summed E-state index contributed by atoms with van der Waals surface area (Å²) in [6, 6.07) is 8.21. The molecule has 0 aromatic carbocycles. The van der Waals surface area contributed by atoms with E-state index in [0.717, 1.165) is 10.6 Å². The SMILES string of the molecule is CC(N)c1ccnc(Sc2cccs2)c1. The van der Waals surface area contributed by atoms with Gasteiger partial charge in [0.1, 0.15) is 5.03 Å². The molecule has 0 amide bonds. The van der Waals surface area contributed by atoms with Gasteiger partial charge in [-0.1, -0.05) is 17.8 Å². The molecule has 2 aromatic rings. The fraction of sp³-hybridized carbons (Fsp3) is 0.182. The molecule has 0 radical (unpaired) electrons. The first kappa shape index (κ1) is 10.7. The van der Waals surface area contributed by atoms with Crippen LogP contribution in [0.25, 0.3) is 0 Å². The molecule has 2 heterocycles. The molecule has 0 saturated carbocycles. The summed E-state index contributed by atoms with van der Waals surface area (Å²) in [6.07, 6.45) is 1.81. The highest BCUT2D eigenvalue weighted by atomic mass is 32.2. The van der Waals surface area contributed by atoms with Crippen molar-refractivity contribution >= 4 is 23.1 Å². The van der Waals surface area contributed by atoms with E-state index in [2.05, 4.69) is 22.5 Å². The molecule has 2 aromatic heterocycles. The summed E-state index contributed by atoms with van der Waals surface area (Å²) in [7, 11) is 0. The smallest absolute Gasteiger partial charge is 0.102 e. The Morgan fingerprint density at radius 2 is 2.33 bits per heavy atom. The Morgan fingerprint density at radius 3 is 3.00 bits per heavy atom. The maximum Gasteiger partial charge on any atom is 0.102 e. The third kappa shape index (κ3) is 2.81. The zero-order chi connectivity index (χ0) is 10.7. The normalized spacial score (nSPS) is 12.7. The molecule has 0 aliphatic rings. The molecule has 0 aliphatic heterocycles. The van der Waals surface area contributed by atoms with Gasteiger partial charge in [-0.2, -0.15) is 0 Å². The van der Waals surface area contributed by atoms with Gasteiger partial charge in [-0.25, -0.2) is 4.98 Å². The molecule has 0 saturated heterocycles. The average Bonchev–Trinajstić information content (AvgIpc) is 2.71. The summed E-state index contributed by atoms with van der Waals surface area (Å²) < 4.78 is 1.25. The molecule has 2 N–H and O–H groups in total. The lowest BCUT2D eigenvalue weighted by Gasteiger charge is -2.06. The Labute approximate surface area is 97.5 Å². The van der Waals surface area contributed by atoms with E-state index in [4.69, 9.17) is 5.73 Å². The summed E-state index contributed by atoms with van der Waals surface area (Å²) in [5, 5.41) is 3.07. The van der Waals surface area contributed by atoms with Crippen molar-refractivity contribution in [2.75, 3.05) is 0 Å². The van der Waals surface area contributed by atoms with E-state index in [1.54, 1.807) is 23.1 Å². The van der Waals surface area contributed by atoms with Crippen LogP contribution in [0, 0.1) is 0 Å². The number of rotatable bonds is 3. The van der Waals surface area contributed by atoms with Crippen LogP contribution in [0.5, 0.6) is 0 Å². The molecule has 2 nitrogen and oxygen atoms in total. The van der Waals surface area contributed by atoms with E-state index in [1.165, 1.54) is 4.21 Å². The average molecular weight is 236 g/mol. The van der Waals surface area contributed by atoms with Crippen molar-refractivity contribution in [1.29, 1.82) is 0 Å². The van der Waals surface area contributed by atoms with E-state index >= 15 is 0 Å². The van der Waals surface area contributed by atoms with Gasteiger partial charge in [0.05, 0.1) is 4.21 Å². The van der Waals surface area contributed by atoms with Crippen LogP contribution in [-0.2, 0) is 0 Å². The second-order valence-electron chi connectivity index (χ2n) is 3.25. The Morgan fingerprint density at radius 1 is 1.47 bits per heavy atom. The second-order valence-corrected chi connectivity index (χ2v) is 5.52. The molecule has 0 spiro atoms. The van der Waals surface area contributed by atoms with Gasteiger partial charge in [0.2, 0.25) is 0 Å². The summed E-state index contributed by atoms with van der Waals surface area (Å²) >= 11 is 3.40. The molecular weight excluding hydrogens is 224 g/mol. The van der Waals surface area contributed by atoms with Crippen LogP contribution >= 0.6 is 23.1 Å². The zero-order valence-corrected chi connectivity index (χ0v) is 10.0. The number of hydrogen-bond acceptors (Lipinski definition) is 4. The molecule has 4 heteroatoms. The molecular formula is C11H12N2S2. The summed E-state index contributed by atoms with van der Waals surface area (Å²) in [6.45, 7) is 1.98. The number of nitrogens with zero attached hydrogens (tertiary/aromatic N) is 1. The maximum absolute atomic E-state index is 5.82. The van der Waals surface area contributed by atoms with E-state index < -0.39 is 0 Å². The van der Waals surface area contributed by atoms with Crippen molar-refractivity contribution in [3.63, 3.8) is 0 Å². The van der Waals surface area contributed by atoms with Gasteiger partial charge >= 0.3 is 0 Å². The lowest BCUT2D eigenvalue weighted by atomic mass is 10.1. The highest BCUT2D eigenvalue weighted by molar-refractivity contribution is 8.01. The molecule has 0 aliphatic carbocycles. The van der Waals surface area contributed by atoms with Crippen LogP contribution in [-0.4, -0.2) is 4.98 Å². The Balaban J connectivity index is 2.18. The second kappa shape index (κ2) is 4.79. The van der Waals surface area contributed by atoms with Crippen LogP contribution < -0.4 is 5.73 Å². The van der Waals surface area contributed by atoms with Crippen LogP contribution in [0.2, 0.25) is 0 Å². The van der Waals surface area contributed by atoms with Crippen molar-refractivity contribution in [3.8, 4) is 0 Å². The Kier molecular flexibility index (Phi) is 3.41. The van der Waals surface area contributed by atoms with Crippen molar-refractivity contribution in [1.82, 2.24) is 4.98 Å². The first-order chi connectivity index (χ1) is 7.25. The lowest BCUT2D eigenvalue weighted by Crippen LogP contribution is -2.04. The van der Waals surface area contributed by atoms with Crippen LogP contribution in [0.1, 0.15) is 18.5 Å². The van der Waals surface area contributed by atoms with Gasteiger partial charge in [0.15, 0.2) is 0 Å². The third-order valence-electron chi connectivity index (χ3n) is 1.98. The van der Waals surface area contributed by atoms with E-state index in [1.807, 2.05) is 25.3 Å². The monoisotopic (exact) mass is 236 g/mol. The van der Waals surface area contributed by atoms with Gasteiger partial charge in [-0.05, 0) is 36.1 Å². The molecule has 0 fully saturated rings. The van der Waals surface area contributed by atoms with Crippen LogP contribution in [0.15, 0.2) is 45.1 Å². The topological polar surface area (TPSA) is 38.9 Å². The predicted octanol–water partition coefficient (Wildman–Crippen LogP) is 3.31. The number of nitrogens with two attached hydrogens (primary N) is 1. The Bertz CT molecular complexity index is 424. The number of hydrogen-bond donors (Lipinski definition) is 1. The van der Waals surface area contributed by atoms with Gasteiger partial charge < -0.3 is 5.73 Å². The highest BCUT2D eigenvalue weighted by Crippen LogP contribution is 2.30. The standard InChI is InChI=1S/C11H12N2S2/c1-8(12)9-4-5-13-10(7-9)15-11-3-2-6-14-11/h2-8H,12H2,1H3. The quantitative estimate of drug-likeness (QED) is 0.888. The fourth-order valence-electron chi connectivity index (χ4n) is 1.19. The van der Waals surface area contributed by atoms with Crippen molar-refractivity contribution < 1.29 is 0 Å². The summed E-state index contributed by atoms with van der Waals surface area (Å²) in [5.74, 6) is 0. The zero-order valence-electron chi connectivity index (χ0n) is 8.38. The minimum atomic E-state index is 0.0654. The highest BCUT2D eigenvalue weighted by Gasteiger charge is 2.03. The molecule has 15 heavy (non-hydrogen) atoms. The van der Waals surface area contributed by atoms with Crippen molar-refractivity contribution in [2.24, 2.45) is 5.73 Å². The van der Waals surface area contributed by atoms with Crippen LogP contribution in [0.3, 0.4) is 0 Å². The third-order valence-corrected chi connectivity index (χ3v) is 3.95. The number of pyridine rings is 1. The van der Waals surface area contributed by atoms with Gasteiger partial charge in [-0.15, -0.1) is 11.3 Å². The minimum Gasteiger partial charge on any atom is -0.324 e. The van der Waals surface area contributed by atoms with Crippen molar-refractivity contribution in [2.45, 2.75) is 22.2 Å². The predicted molar refractivity (Wildman–Crippen MR) is 65.3 cm³/mol. The van der Waals surface area contributed by atoms with Gasteiger partial charge in [0, 0.05) is 12.2 Å². The summed E-state index contributed by atoms with van der Waals surface area (Å²) in [4.78, 5) is 4.31. The van der Waals surface area contributed by atoms with Crippen molar-refractivity contribution in [3.05, 3.63) is 41.4 Å². The first-order valence-electron chi connectivity index (χ1n) is 4.68. The lowest BCUT2D eigenvalue weighted by molar-refractivity contribution is 0.808. The molecule has 0 bridgehead atoms. The van der Waals surface area contributed by atoms with E-state index in [-0.39, 0.29) is 6.04 Å². The Hall–Kier alpha value is -0.840. The number of aromatic nitrogens is 1. The van der Waals surface area contributed by atoms with E-state index in [0.29, 0.717) is 0 Å². The largest absolute Gasteiger partial charge is 0.324 e. The van der Waals surface area contributed by atoms with Gasteiger partial charge in [-0.3, -0.25) is 0 Å².